The van der Waals surface area contributed by atoms with E-state index in [2.05, 4.69) is 36.4 Å². The lowest BCUT2D eigenvalue weighted by Gasteiger charge is -2.24. The molecule has 5 nitrogen and oxygen atoms in total. The predicted octanol–water partition coefficient (Wildman–Crippen LogP) is 5.39. The number of benzene rings is 2. The fourth-order valence-corrected chi connectivity index (χ4v) is 2.97. The van der Waals surface area contributed by atoms with Crippen LogP contribution in [0, 0.1) is 0 Å². The minimum absolute atomic E-state index is 0. The Kier molecular flexibility index (Phi) is 8.11. The zero-order valence-electron chi connectivity index (χ0n) is 17.2. The molecule has 156 valence electrons. The second kappa shape index (κ2) is 10.3. The number of halogens is 1. The van der Waals surface area contributed by atoms with Crippen LogP contribution in [0.2, 0.25) is 0 Å². The van der Waals surface area contributed by atoms with Crippen LogP contribution in [0.1, 0.15) is 44.0 Å². The zero-order chi connectivity index (χ0) is 20.0. The van der Waals surface area contributed by atoms with E-state index in [1.54, 1.807) is 6.07 Å². The number of H-pyrrole nitrogens is 1. The fourth-order valence-electron chi connectivity index (χ4n) is 2.97. The van der Waals surface area contributed by atoms with Gasteiger partial charge in [-0.3, -0.25) is 4.79 Å². The summed E-state index contributed by atoms with van der Waals surface area (Å²) >= 11 is 0. The first-order valence-electron chi connectivity index (χ1n) is 9.84. The number of aromatic nitrogens is 1. The van der Waals surface area contributed by atoms with Crippen LogP contribution in [0.3, 0.4) is 0 Å². The number of carbonyl (C=O) groups excluding carboxylic acids is 1. The van der Waals surface area contributed by atoms with E-state index in [-0.39, 0.29) is 23.9 Å². The van der Waals surface area contributed by atoms with Crippen LogP contribution in [0.5, 0.6) is 5.75 Å². The molecule has 0 atom stereocenters. The van der Waals surface area contributed by atoms with Crippen LogP contribution < -0.4 is 15.4 Å². The van der Waals surface area contributed by atoms with Crippen molar-refractivity contribution in [1.29, 1.82) is 0 Å². The molecule has 0 radical (unpaired) electrons. The average Bonchev–Trinajstić information content (AvgIpc) is 3.18. The molecule has 1 aromatic heterocycles. The first-order chi connectivity index (χ1) is 13.5. The molecule has 1 amide bonds. The van der Waals surface area contributed by atoms with E-state index in [0.29, 0.717) is 17.9 Å². The van der Waals surface area contributed by atoms with E-state index in [1.807, 2.05) is 48.7 Å². The van der Waals surface area contributed by atoms with Crippen LogP contribution in [0.4, 0.5) is 5.69 Å². The molecule has 0 unspecified atom stereocenters. The number of rotatable bonds is 9. The van der Waals surface area contributed by atoms with Crippen LogP contribution in [0.15, 0.2) is 54.7 Å². The summed E-state index contributed by atoms with van der Waals surface area (Å²) in [6.07, 6.45) is 3.82. The lowest BCUT2D eigenvalue weighted by Crippen LogP contribution is -2.39. The van der Waals surface area contributed by atoms with Crippen LogP contribution >= 0.6 is 12.4 Å². The van der Waals surface area contributed by atoms with Gasteiger partial charge in [0, 0.05) is 22.6 Å². The van der Waals surface area contributed by atoms with E-state index in [9.17, 15) is 4.79 Å². The Morgan fingerprint density at radius 1 is 1.10 bits per heavy atom. The minimum atomic E-state index is -0.172. The van der Waals surface area contributed by atoms with Crippen molar-refractivity contribution < 1.29 is 9.53 Å². The van der Waals surface area contributed by atoms with E-state index < -0.39 is 0 Å². The molecule has 0 fully saturated rings. The SMILES string of the molecule is CCC(C)(C)NCCCOc1ccccc1C(=O)Nc1cccc2[nH]ccc12.Cl. The molecule has 3 N–H and O–H groups in total. The largest absolute Gasteiger partial charge is 0.493 e. The summed E-state index contributed by atoms with van der Waals surface area (Å²) in [6.45, 7) is 8.00. The van der Waals surface area contributed by atoms with E-state index in [1.165, 1.54) is 0 Å². The van der Waals surface area contributed by atoms with Crippen LogP contribution in [-0.4, -0.2) is 29.6 Å². The lowest BCUT2D eigenvalue weighted by atomic mass is 10.0. The highest BCUT2D eigenvalue weighted by atomic mass is 35.5. The third kappa shape index (κ3) is 5.99. The summed E-state index contributed by atoms with van der Waals surface area (Å²) in [5, 5.41) is 7.51. The van der Waals surface area contributed by atoms with Crippen LogP contribution in [-0.2, 0) is 0 Å². The monoisotopic (exact) mass is 415 g/mol. The Morgan fingerprint density at radius 2 is 1.90 bits per heavy atom. The first kappa shape index (κ1) is 22.8. The van der Waals surface area contributed by atoms with Gasteiger partial charge >= 0.3 is 0 Å². The number of aromatic amines is 1. The number of nitrogens with one attached hydrogen (secondary N) is 3. The maximum atomic E-state index is 12.8. The number of carbonyl (C=O) groups is 1. The van der Waals surface area contributed by atoms with Gasteiger partial charge in [0.25, 0.3) is 5.91 Å². The number of ether oxygens (including phenoxy) is 1. The van der Waals surface area contributed by atoms with Gasteiger partial charge in [-0.15, -0.1) is 12.4 Å². The molecule has 3 rings (SSSR count). The van der Waals surface area contributed by atoms with Gasteiger partial charge < -0.3 is 20.4 Å². The van der Waals surface area contributed by atoms with Gasteiger partial charge in [-0.2, -0.15) is 0 Å². The van der Waals surface area contributed by atoms with Gasteiger partial charge in [-0.05, 0) is 63.6 Å². The summed E-state index contributed by atoms with van der Waals surface area (Å²) < 4.78 is 5.91. The highest BCUT2D eigenvalue weighted by molar-refractivity contribution is 6.10. The maximum absolute atomic E-state index is 12.8. The molecule has 1 heterocycles. The molecule has 0 spiro atoms. The summed E-state index contributed by atoms with van der Waals surface area (Å²) in [7, 11) is 0. The quantitative estimate of drug-likeness (QED) is 0.410. The molecular formula is C23H30ClN3O2. The van der Waals surface area contributed by atoms with Crippen molar-refractivity contribution in [2.75, 3.05) is 18.5 Å². The number of para-hydroxylation sites is 1. The molecule has 2 aromatic carbocycles. The Hall–Kier alpha value is -2.50. The van der Waals surface area contributed by atoms with Crippen molar-refractivity contribution in [3.05, 3.63) is 60.3 Å². The molecule has 3 aromatic rings. The normalized spacial score (nSPS) is 11.1. The highest BCUT2D eigenvalue weighted by Crippen LogP contribution is 2.25. The number of hydrogen-bond acceptors (Lipinski definition) is 3. The van der Waals surface area contributed by atoms with Gasteiger partial charge in [-0.1, -0.05) is 25.1 Å². The number of amides is 1. The summed E-state index contributed by atoms with van der Waals surface area (Å²) in [5.41, 5.74) is 2.45. The van der Waals surface area contributed by atoms with Gasteiger partial charge in [0.05, 0.1) is 17.9 Å². The third-order valence-corrected chi connectivity index (χ3v) is 5.04. The molecule has 0 aliphatic heterocycles. The Balaban J connectivity index is 0.00000300. The minimum Gasteiger partial charge on any atom is -0.493 e. The fraction of sp³-hybridized carbons (Fsp3) is 0.348. The maximum Gasteiger partial charge on any atom is 0.259 e. The Labute approximate surface area is 178 Å². The van der Waals surface area contributed by atoms with Crippen molar-refractivity contribution in [2.24, 2.45) is 0 Å². The molecule has 6 heteroatoms. The molecule has 0 aliphatic carbocycles. The van der Waals surface area contributed by atoms with Crippen LogP contribution in [0.25, 0.3) is 10.9 Å². The third-order valence-electron chi connectivity index (χ3n) is 5.04. The van der Waals surface area contributed by atoms with Gasteiger partial charge in [0.1, 0.15) is 5.75 Å². The van der Waals surface area contributed by atoms with Gasteiger partial charge in [0.15, 0.2) is 0 Å². The number of fused-ring (bicyclic) bond motifs is 1. The Bertz CT molecular complexity index is 937. The van der Waals surface area contributed by atoms with E-state index in [0.717, 1.165) is 36.0 Å². The van der Waals surface area contributed by atoms with Crippen molar-refractivity contribution in [1.82, 2.24) is 10.3 Å². The van der Waals surface area contributed by atoms with E-state index in [4.69, 9.17) is 4.74 Å². The molecule has 0 saturated heterocycles. The number of hydrogen-bond donors (Lipinski definition) is 3. The summed E-state index contributed by atoms with van der Waals surface area (Å²) in [6, 6.07) is 15.1. The van der Waals surface area contributed by atoms with Crippen molar-refractivity contribution in [3.63, 3.8) is 0 Å². The summed E-state index contributed by atoms with van der Waals surface area (Å²) in [4.78, 5) is 16.0. The molecular weight excluding hydrogens is 386 g/mol. The Morgan fingerprint density at radius 3 is 2.69 bits per heavy atom. The van der Waals surface area contributed by atoms with Crippen molar-refractivity contribution >= 4 is 34.9 Å². The van der Waals surface area contributed by atoms with Crippen molar-refractivity contribution in [2.45, 2.75) is 39.2 Å². The lowest BCUT2D eigenvalue weighted by molar-refractivity contribution is 0.102. The molecule has 0 saturated carbocycles. The van der Waals surface area contributed by atoms with Crippen molar-refractivity contribution in [3.8, 4) is 5.75 Å². The standard InChI is InChI=1S/C23H29N3O2.ClH/c1-4-23(2,3)25-14-8-16-28-21-12-6-5-9-18(21)22(27)26-20-11-7-10-19-17(20)13-15-24-19;/h5-7,9-13,15,24-25H,4,8,14,16H2,1-3H3,(H,26,27);1H. The first-order valence-corrected chi connectivity index (χ1v) is 9.84. The zero-order valence-corrected chi connectivity index (χ0v) is 18.1. The highest BCUT2D eigenvalue weighted by Gasteiger charge is 2.15. The van der Waals surface area contributed by atoms with Gasteiger partial charge in [0.2, 0.25) is 0 Å². The second-order valence-electron chi connectivity index (χ2n) is 7.56. The summed E-state index contributed by atoms with van der Waals surface area (Å²) in [5.74, 6) is 0.436. The molecule has 0 bridgehead atoms. The smallest absolute Gasteiger partial charge is 0.259 e. The second-order valence-corrected chi connectivity index (χ2v) is 7.56. The molecule has 29 heavy (non-hydrogen) atoms. The average molecular weight is 416 g/mol. The van der Waals surface area contributed by atoms with E-state index >= 15 is 0 Å². The number of anilines is 1. The molecule has 0 aliphatic rings. The van der Waals surface area contributed by atoms with Gasteiger partial charge in [-0.25, -0.2) is 0 Å². The topological polar surface area (TPSA) is 66.2 Å². The predicted molar refractivity (Wildman–Crippen MR) is 122 cm³/mol.